The summed E-state index contributed by atoms with van der Waals surface area (Å²) in [4.78, 5) is 43.5. The van der Waals surface area contributed by atoms with Crippen molar-refractivity contribution in [2.24, 2.45) is 11.8 Å². The second kappa shape index (κ2) is 12.4. The summed E-state index contributed by atoms with van der Waals surface area (Å²) < 4.78 is 5.93. The highest BCUT2D eigenvalue weighted by Gasteiger charge is 2.57. The van der Waals surface area contributed by atoms with Gasteiger partial charge in [0, 0.05) is 11.8 Å². The van der Waals surface area contributed by atoms with Crippen LogP contribution in [0.15, 0.2) is 72.8 Å². The first-order valence-electron chi connectivity index (χ1n) is 13.6. The number of halogens is 1. The molecule has 8 heteroatoms. The van der Waals surface area contributed by atoms with Gasteiger partial charge in [0.05, 0.1) is 28.3 Å². The summed E-state index contributed by atoms with van der Waals surface area (Å²) in [7, 11) is 1.54. The van der Waals surface area contributed by atoms with Gasteiger partial charge in [0.1, 0.15) is 11.8 Å². The smallest absolute Gasteiger partial charge is 0.327 e. The van der Waals surface area contributed by atoms with Gasteiger partial charge in [0.2, 0.25) is 5.91 Å². The number of carboxylic acid groups (broad SMARTS) is 1. The number of ketones is 1. The number of carbonyl (C=O) groups is 3. The zero-order chi connectivity index (χ0) is 28.2. The third kappa shape index (κ3) is 5.72. The van der Waals surface area contributed by atoms with E-state index >= 15 is 0 Å². The van der Waals surface area contributed by atoms with Crippen molar-refractivity contribution < 1.29 is 24.2 Å². The molecule has 1 amide bonds. The Morgan fingerprint density at radius 1 is 1.00 bits per heavy atom. The van der Waals surface area contributed by atoms with Gasteiger partial charge < -0.3 is 14.7 Å². The van der Waals surface area contributed by atoms with E-state index < -0.39 is 29.9 Å². The molecule has 208 valence electrons. The van der Waals surface area contributed by atoms with Crippen LogP contribution in [0.5, 0.6) is 5.75 Å². The maximum absolute atomic E-state index is 14.3. The Balaban J connectivity index is 1.69. The fourth-order valence-corrected chi connectivity index (χ4v) is 7.24. The minimum Gasteiger partial charge on any atom is -0.497 e. The minimum atomic E-state index is -1.23. The Morgan fingerprint density at radius 3 is 2.40 bits per heavy atom. The molecule has 2 fully saturated rings. The quantitative estimate of drug-likeness (QED) is 0.293. The molecule has 5 rings (SSSR count). The lowest BCUT2D eigenvalue weighted by molar-refractivity contribution is -0.151. The summed E-state index contributed by atoms with van der Waals surface area (Å²) in [5.74, 6) is -2.89. The van der Waals surface area contributed by atoms with E-state index in [1.54, 1.807) is 37.4 Å². The first kappa shape index (κ1) is 28.1. The molecule has 1 N–H and O–H groups in total. The van der Waals surface area contributed by atoms with E-state index in [2.05, 4.69) is 0 Å². The number of likely N-dealkylation sites (tertiary alicyclic amines) is 1. The molecule has 1 saturated carbocycles. The molecule has 2 heterocycles. The zero-order valence-electron chi connectivity index (χ0n) is 22.2. The van der Waals surface area contributed by atoms with Gasteiger partial charge in [0.25, 0.3) is 0 Å². The summed E-state index contributed by atoms with van der Waals surface area (Å²) in [6.45, 7) is 0. The molecule has 1 aromatic heterocycles. The summed E-state index contributed by atoms with van der Waals surface area (Å²) in [5, 5.41) is 10.7. The summed E-state index contributed by atoms with van der Waals surface area (Å²) >= 11 is 7.39. The number of thiophene rings is 1. The molecular weight excluding hydrogens is 546 g/mol. The molecule has 0 bridgehead atoms. The highest BCUT2D eigenvalue weighted by Crippen LogP contribution is 2.47. The third-order valence-electron chi connectivity index (χ3n) is 8.06. The minimum absolute atomic E-state index is 0.192. The average Bonchev–Trinajstić information content (AvgIpc) is 3.58. The van der Waals surface area contributed by atoms with Gasteiger partial charge >= 0.3 is 5.97 Å². The van der Waals surface area contributed by atoms with Crippen molar-refractivity contribution >= 4 is 46.7 Å². The first-order valence-corrected chi connectivity index (χ1v) is 14.8. The van der Waals surface area contributed by atoms with Gasteiger partial charge in [-0.25, -0.2) is 4.79 Å². The number of carbonyl (C=O) groups excluding carboxylic acids is 2. The van der Waals surface area contributed by atoms with E-state index in [1.807, 2.05) is 48.6 Å². The van der Waals surface area contributed by atoms with Crippen molar-refractivity contribution in [2.75, 3.05) is 7.11 Å². The van der Waals surface area contributed by atoms with Gasteiger partial charge in [-0.1, -0.05) is 85.5 Å². The molecule has 0 spiro atoms. The van der Waals surface area contributed by atoms with Crippen LogP contribution in [0.25, 0.3) is 6.08 Å². The van der Waals surface area contributed by atoms with Crippen molar-refractivity contribution in [3.8, 4) is 5.75 Å². The fourth-order valence-electron chi connectivity index (χ4n) is 6.21. The molecule has 2 aliphatic rings. The Bertz CT molecular complexity index is 1400. The van der Waals surface area contributed by atoms with Gasteiger partial charge in [0.15, 0.2) is 5.78 Å². The van der Waals surface area contributed by atoms with Gasteiger partial charge in [-0.05, 0) is 48.2 Å². The Hall–Kier alpha value is -3.42. The number of hydrogen-bond acceptors (Lipinski definition) is 5. The second-order valence-electron chi connectivity index (χ2n) is 10.4. The van der Waals surface area contributed by atoms with E-state index in [0.29, 0.717) is 20.5 Å². The lowest BCUT2D eigenvalue weighted by Gasteiger charge is -2.33. The number of benzene rings is 2. The number of nitrogens with zero attached hydrogens (tertiary/aromatic N) is 1. The van der Waals surface area contributed by atoms with Crippen LogP contribution in [0.4, 0.5) is 0 Å². The van der Waals surface area contributed by atoms with Gasteiger partial charge in [-0.3, -0.25) is 9.59 Å². The molecule has 6 nitrogen and oxygen atoms in total. The molecule has 3 aromatic rings. The normalized spacial score (nSPS) is 23.4. The maximum atomic E-state index is 14.3. The zero-order valence-corrected chi connectivity index (χ0v) is 23.8. The monoisotopic (exact) mass is 577 g/mol. The number of aliphatic carboxylic acids is 1. The van der Waals surface area contributed by atoms with Gasteiger partial charge in [-0.2, -0.15) is 0 Å². The number of hydrogen-bond donors (Lipinski definition) is 1. The lowest BCUT2D eigenvalue weighted by Crippen LogP contribution is -2.49. The predicted molar refractivity (Wildman–Crippen MR) is 157 cm³/mol. The molecule has 4 atom stereocenters. The Labute approximate surface area is 243 Å². The van der Waals surface area contributed by atoms with Crippen LogP contribution in [-0.2, 0) is 9.59 Å². The Kier molecular flexibility index (Phi) is 8.72. The SMILES string of the molecule is COc1cccc(C2C(C(=O)c3ccc(Cl)s3)C(C=Cc3ccccc3)N(C(=O)C3CCCCC3)C2C(=O)O)c1. The van der Waals surface area contributed by atoms with Crippen LogP contribution >= 0.6 is 22.9 Å². The highest BCUT2D eigenvalue weighted by molar-refractivity contribution is 7.18. The lowest BCUT2D eigenvalue weighted by atomic mass is 9.78. The van der Waals surface area contributed by atoms with Crippen LogP contribution in [0, 0.1) is 11.8 Å². The number of Topliss-reactive ketones (excluding diaryl/α,β-unsaturated/α-hetero) is 1. The molecule has 40 heavy (non-hydrogen) atoms. The van der Waals surface area contributed by atoms with E-state index in [4.69, 9.17) is 16.3 Å². The van der Waals surface area contributed by atoms with Crippen LogP contribution in [0.2, 0.25) is 4.34 Å². The maximum Gasteiger partial charge on any atom is 0.327 e. The van der Waals surface area contributed by atoms with Crippen molar-refractivity contribution in [2.45, 2.75) is 50.1 Å². The van der Waals surface area contributed by atoms with E-state index in [-0.39, 0.29) is 17.6 Å². The van der Waals surface area contributed by atoms with E-state index in [0.717, 1.165) is 37.7 Å². The number of rotatable bonds is 8. The molecule has 1 saturated heterocycles. The molecule has 1 aliphatic heterocycles. The molecule has 2 aromatic carbocycles. The van der Waals surface area contributed by atoms with Crippen LogP contribution in [0.3, 0.4) is 0 Å². The summed E-state index contributed by atoms with van der Waals surface area (Å²) in [6, 6.07) is 18.1. The first-order chi connectivity index (χ1) is 19.4. The highest BCUT2D eigenvalue weighted by atomic mass is 35.5. The van der Waals surface area contributed by atoms with Crippen LogP contribution < -0.4 is 4.74 Å². The second-order valence-corrected chi connectivity index (χ2v) is 12.1. The van der Waals surface area contributed by atoms with E-state index in [1.165, 1.54) is 16.2 Å². The number of carboxylic acids is 1. The fraction of sp³-hybridized carbons (Fsp3) is 0.344. The average molecular weight is 578 g/mol. The largest absolute Gasteiger partial charge is 0.497 e. The third-order valence-corrected chi connectivity index (χ3v) is 9.31. The topological polar surface area (TPSA) is 83.9 Å². The van der Waals surface area contributed by atoms with Crippen molar-refractivity contribution in [1.29, 1.82) is 0 Å². The van der Waals surface area contributed by atoms with Crippen LogP contribution in [-0.4, -0.2) is 46.9 Å². The van der Waals surface area contributed by atoms with Crippen LogP contribution in [0.1, 0.15) is 58.8 Å². The standard InChI is InChI=1S/C32H32ClNO5S/c1-39-23-14-8-13-22(19-23)27-28(30(35)25-17-18-26(33)40-25)24(16-15-20-9-4-2-5-10-20)34(29(27)32(37)38)31(36)21-11-6-3-7-12-21/h2,4-5,8-10,13-19,21,24,27-29H,3,6-7,11-12H2,1H3,(H,37,38). The molecule has 1 aliphatic carbocycles. The summed E-state index contributed by atoms with van der Waals surface area (Å²) in [6.07, 6.45) is 8.09. The predicted octanol–water partition coefficient (Wildman–Crippen LogP) is 6.95. The number of amides is 1. The molecule has 0 radical (unpaired) electrons. The van der Waals surface area contributed by atoms with E-state index in [9.17, 15) is 19.5 Å². The van der Waals surface area contributed by atoms with Gasteiger partial charge in [-0.15, -0.1) is 11.3 Å². The van der Waals surface area contributed by atoms with Crippen molar-refractivity contribution in [3.05, 3.63) is 93.1 Å². The number of ether oxygens (including phenoxy) is 1. The van der Waals surface area contributed by atoms with Crippen molar-refractivity contribution in [1.82, 2.24) is 4.90 Å². The molecule has 4 unspecified atom stereocenters. The summed E-state index contributed by atoms with van der Waals surface area (Å²) in [5.41, 5.74) is 1.54. The molecular formula is C32H32ClNO5S. The Morgan fingerprint density at radius 2 is 1.75 bits per heavy atom. The number of methoxy groups -OCH3 is 1. The van der Waals surface area contributed by atoms with Crippen molar-refractivity contribution in [3.63, 3.8) is 0 Å².